The molecule has 2 saturated heterocycles. The molecule has 0 bridgehead atoms. The number of carboxylic acids is 1. The second kappa shape index (κ2) is 9.39. The van der Waals surface area contributed by atoms with Crippen LogP contribution in [0.1, 0.15) is 57.1 Å². The van der Waals surface area contributed by atoms with E-state index in [1.165, 1.54) is 27.2 Å². The summed E-state index contributed by atoms with van der Waals surface area (Å²) in [5, 5.41) is 9.76. The highest BCUT2D eigenvalue weighted by molar-refractivity contribution is 5.81. The molecule has 0 radical (unpaired) electrons. The number of ether oxygens (including phenoxy) is 2. The first-order chi connectivity index (χ1) is 17.6. The predicted molar refractivity (Wildman–Crippen MR) is 137 cm³/mol. The van der Waals surface area contributed by atoms with Crippen molar-refractivity contribution in [2.75, 3.05) is 26.2 Å². The van der Waals surface area contributed by atoms with Gasteiger partial charge in [-0.2, -0.15) is 0 Å². The molecule has 2 fully saturated rings. The molecular formula is C29H34N2O6. The molecule has 2 amide bonds. The van der Waals surface area contributed by atoms with Crippen LogP contribution < -0.4 is 0 Å². The van der Waals surface area contributed by atoms with Gasteiger partial charge in [-0.25, -0.2) is 14.4 Å². The SMILES string of the molecule is CC(C)(C)OC(=O)N1CC2(CCN(C(=O)OCC3c4ccccc4-c4ccccc43)CC2)CC1C(=O)O. The van der Waals surface area contributed by atoms with Gasteiger partial charge in [-0.1, -0.05) is 48.5 Å². The van der Waals surface area contributed by atoms with E-state index in [1.54, 1.807) is 25.7 Å². The number of aliphatic carboxylic acids is 1. The van der Waals surface area contributed by atoms with E-state index in [0.29, 0.717) is 38.9 Å². The average Bonchev–Trinajstić information content (AvgIpc) is 3.39. The van der Waals surface area contributed by atoms with Crippen LogP contribution in [0.4, 0.5) is 9.59 Å². The number of hydrogen-bond acceptors (Lipinski definition) is 5. The first-order valence-corrected chi connectivity index (χ1v) is 12.9. The van der Waals surface area contributed by atoms with E-state index in [0.717, 1.165) is 0 Å². The van der Waals surface area contributed by atoms with E-state index in [2.05, 4.69) is 24.3 Å². The highest BCUT2D eigenvalue weighted by Crippen LogP contribution is 2.46. The molecule has 1 unspecified atom stereocenters. The number of fused-ring (bicyclic) bond motifs is 3. The van der Waals surface area contributed by atoms with Gasteiger partial charge in [-0.3, -0.25) is 4.90 Å². The minimum atomic E-state index is -1.03. The Morgan fingerprint density at radius 1 is 0.946 bits per heavy atom. The topological polar surface area (TPSA) is 96.4 Å². The van der Waals surface area contributed by atoms with E-state index < -0.39 is 23.7 Å². The smallest absolute Gasteiger partial charge is 0.411 e. The van der Waals surface area contributed by atoms with Crippen LogP contribution in [0.3, 0.4) is 0 Å². The Morgan fingerprint density at radius 2 is 1.51 bits per heavy atom. The van der Waals surface area contributed by atoms with Crippen molar-refractivity contribution in [1.29, 1.82) is 0 Å². The lowest BCUT2D eigenvalue weighted by atomic mass is 9.76. The van der Waals surface area contributed by atoms with Crippen LogP contribution in [0.15, 0.2) is 48.5 Å². The minimum absolute atomic E-state index is 0.000951. The summed E-state index contributed by atoms with van der Waals surface area (Å²) in [5.74, 6) is -1.03. The molecule has 8 heteroatoms. The molecule has 196 valence electrons. The number of nitrogens with zero attached hydrogens (tertiary/aromatic N) is 2. The molecule has 1 spiro atoms. The molecule has 37 heavy (non-hydrogen) atoms. The lowest BCUT2D eigenvalue weighted by Crippen LogP contribution is -2.46. The van der Waals surface area contributed by atoms with Crippen molar-refractivity contribution in [3.63, 3.8) is 0 Å². The van der Waals surface area contributed by atoms with Gasteiger partial charge in [0.1, 0.15) is 18.2 Å². The van der Waals surface area contributed by atoms with E-state index in [-0.39, 0.29) is 24.0 Å². The number of rotatable bonds is 3. The fourth-order valence-electron chi connectivity index (χ4n) is 6.00. The van der Waals surface area contributed by atoms with Crippen molar-refractivity contribution in [1.82, 2.24) is 9.80 Å². The van der Waals surface area contributed by atoms with Gasteiger partial charge in [0.2, 0.25) is 0 Å². The molecule has 5 rings (SSSR count). The molecule has 8 nitrogen and oxygen atoms in total. The Bertz CT molecular complexity index is 1170. The van der Waals surface area contributed by atoms with Crippen LogP contribution in [0.25, 0.3) is 11.1 Å². The van der Waals surface area contributed by atoms with Crippen LogP contribution in [-0.4, -0.2) is 70.9 Å². The predicted octanol–water partition coefficient (Wildman–Crippen LogP) is 5.11. The maximum Gasteiger partial charge on any atom is 0.411 e. The molecule has 0 aromatic heterocycles. The van der Waals surface area contributed by atoms with Gasteiger partial charge < -0.3 is 19.5 Å². The van der Waals surface area contributed by atoms with Crippen LogP contribution in [0.2, 0.25) is 0 Å². The molecule has 2 aromatic rings. The number of amides is 2. The number of benzene rings is 2. The van der Waals surface area contributed by atoms with Gasteiger partial charge in [0, 0.05) is 25.6 Å². The fraction of sp³-hybridized carbons (Fsp3) is 0.483. The van der Waals surface area contributed by atoms with Crippen molar-refractivity contribution in [3.05, 3.63) is 59.7 Å². The Balaban J connectivity index is 1.20. The molecule has 1 N–H and O–H groups in total. The molecule has 1 atom stereocenters. The van der Waals surface area contributed by atoms with Gasteiger partial charge in [0.15, 0.2) is 0 Å². The number of carbonyl (C=O) groups is 3. The Morgan fingerprint density at radius 3 is 2.05 bits per heavy atom. The lowest BCUT2D eigenvalue weighted by Gasteiger charge is -2.38. The van der Waals surface area contributed by atoms with Gasteiger partial charge >= 0.3 is 18.2 Å². The zero-order valence-corrected chi connectivity index (χ0v) is 21.6. The normalized spacial score (nSPS) is 20.5. The third kappa shape index (κ3) is 4.89. The molecular weight excluding hydrogens is 472 g/mol. The number of piperidine rings is 1. The number of hydrogen-bond donors (Lipinski definition) is 1. The number of carbonyl (C=O) groups excluding carboxylic acids is 2. The van der Waals surface area contributed by atoms with Gasteiger partial charge in [-0.15, -0.1) is 0 Å². The summed E-state index contributed by atoms with van der Waals surface area (Å²) < 4.78 is 11.3. The van der Waals surface area contributed by atoms with E-state index in [4.69, 9.17) is 9.47 Å². The molecule has 3 aliphatic rings. The van der Waals surface area contributed by atoms with Crippen LogP contribution in [-0.2, 0) is 14.3 Å². The van der Waals surface area contributed by atoms with E-state index in [1.807, 2.05) is 24.3 Å². The van der Waals surface area contributed by atoms with Crippen molar-refractivity contribution >= 4 is 18.2 Å². The quantitative estimate of drug-likeness (QED) is 0.621. The molecule has 2 aromatic carbocycles. The molecule has 2 aliphatic heterocycles. The average molecular weight is 507 g/mol. The van der Waals surface area contributed by atoms with Crippen LogP contribution in [0.5, 0.6) is 0 Å². The first-order valence-electron chi connectivity index (χ1n) is 12.9. The second-order valence-corrected chi connectivity index (χ2v) is 11.5. The second-order valence-electron chi connectivity index (χ2n) is 11.5. The summed E-state index contributed by atoms with van der Waals surface area (Å²) in [6.07, 6.45) is 0.630. The summed E-state index contributed by atoms with van der Waals surface area (Å²) in [5.41, 5.74) is 3.65. The van der Waals surface area contributed by atoms with Crippen molar-refractivity contribution in [2.45, 2.75) is 57.6 Å². The summed E-state index contributed by atoms with van der Waals surface area (Å²) in [7, 11) is 0. The maximum atomic E-state index is 13.0. The van der Waals surface area contributed by atoms with Crippen LogP contribution in [0, 0.1) is 5.41 Å². The summed E-state index contributed by atoms with van der Waals surface area (Å²) in [6, 6.07) is 15.5. The van der Waals surface area contributed by atoms with Crippen molar-refractivity contribution < 1.29 is 29.0 Å². The van der Waals surface area contributed by atoms with Gasteiger partial charge in [0.05, 0.1) is 0 Å². The van der Waals surface area contributed by atoms with E-state index >= 15 is 0 Å². The number of likely N-dealkylation sites (tertiary alicyclic amines) is 2. The number of carboxylic acid groups (broad SMARTS) is 1. The lowest BCUT2D eigenvalue weighted by molar-refractivity contribution is -0.142. The highest BCUT2D eigenvalue weighted by atomic mass is 16.6. The first kappa shape index (κ1) is 25.1. The van der Waals surface area contributed by atoms with Gasteiger partial charge in [0.25, 0.3) is 0 Å². The maximum absolute atomic E-state index is 13.0. The standard InChI is InChI=1S/C29H34N2O6/c1-28(2,3)37-27(35)31-18-29(16-24(31)25(32)33)12-14-30(15-13-29)26(34)36-17-23-21-10-6-4-8-19(21)20-9-5-7-11-22(20)23/h4-11,23-24H,12-18H2,1-3H3,(H,32,33). The van der Waals surface area contributed by atoms with Crippen molar-refractivity contribution in [2.24, 2.45) is 5.41 Å². The third-order valence-electron chi connectivity index (χ3n) is 7.84. The zero-order valence-electron chi connectivity index (χ0n) is 21.6. The Kier molecular flexibility index (Phi) is 6.38. The van der Waals surface area contributed by atoms with E-state index in [9.17, 15) is 19.5 Å². The largest absolute Gasteiger partial charge is 0.480 e. The Hall–Kier alpha value is -3.55. The molecule has 2 heterocycles. The monoisotopic (exact) mass is 506 g/mol. The molecule has 1 aliphatic carbocycles. The Labute approximate surface area is 217 Å². The minimum Gasteiger partial charge on any atom is -0.480 e. The molecule has 0 saturated carbocycles. The summed E-state index contributed by atoms with van der Waals surface area (Å²) in [6.45, 7) is 6.80. The fourth-order valence-corrected chi connectivity index (χ4v) is 6.00. The third-order valence-corrected chi connectivity index (χ3v) is 7.84. The summed E-state index contributed by atoms with van der Waals surface area (Å²) >= 11 is 0. The van der Waals surface area contributed by atoms with Crippen molar-refractivity contribution in [3.8, 4) is 11.1 Å². The van der Waals surface area contributed by atoms with Gasteiger partial charge in [-0.05, 0) is 67.7 Å². The summed E-state index contributed by atoms with van der Waals surface area (Å²) in [4.78, 5) is 40.7. The van der Waals surface area contributed by atoms with Crippen LogP contribution >= 0.6 is 0 Å². The zero-order chi connectivity index (χ0) is 26.4. The highest BCUT2D eigenvalue weighted by Gasteiger charge is 2.51.